The first-order valence-electron chi connectivity index (χ1n) is 6.41. The van der Waals surface area contributed by atoms with E-state index >= 15 is 0 Å². The van der Waals surface area contributed by atoms with Crippen LogP contribution >= 0.6 is 0 Å². The van der Waals surface area contributed by atoms with Crippen LogP contribution in [0.1, 0.15) is 37.3 Å². The van der Waals surface area contributed by atoms with E-state index in [1.54, 1.807) is 0 Å². The van der Waals surface area contributed by atoms with Crippen molar-refractivity contribution in [3.63, 3.8) is 0 Å². The monoisotopic (exact) mass is 251 g/mol. The molecule has 2 nitrogen and oxygen atoms in total. The number of rotatable bonds is 5. The molecule has 1 saturated carbocycles. The van der Waals surface area contributed by atoms with E-state index in [0.717, 1.165) is 11.3 Å². The molecule has 1 fully saturated rings. The number of hydrogen-bond acceptors (Lipinski definition) is 2. The molecule has 0 aliphatic heterocycles. The van der Waals surface area contributed by atoms with Gasteiger partial charge >= 0.3 is 0 Å². The van der Waals surface area contributed by atoms with Crippen LogP contribution in [0.15, 0.2) is 30.3 Å². The van der Waals surface area contributed by atoms with Gasteiger partial charge in [-0.15, -0.1) is 0 Å². The molecule has 0 aromatic heterocycles. The van der Waals surface area contributed by atoms with Crippen molar-refractivity contribution in [2.75, 3.05) is 11.5 Å². The van der Waals surface area contributed by atoms with Crippen LogP contribution in [0.3, 0.4) is 0 Å². The summed E-state index contributed by atoms with van der Waals surface area (Å²) in [5.41, 5.74) is 7.17. The first kappa shape index (κ1) is 12.8. The second-order valence-electron chi connectivity index (χ2n) is 4.94. The first-order valence-corrected chi connectivity index (χ1v) is 7.90. The van der Waals surface area contributed by atoms with Gasteiger partial charge in [-0.05, 0) is 24.3 Å². The summed E-state index contributed by atoms with van der Waals surface area (Å²) in [6.45, 7) is 0. The molecule has 2 rings (SSSR count). The van der Waals surface area contributed by atoms with Gasteiger partial charge in [0.05, 0.1) is 0 Å². The van der Waals surface area contributed by atoms with Crippen LogP contribution in [0.5, 0.6) is 0 Å². The molecule has 2 N–H and O–H groups in total. The van der Waals surface area contributed by atoms with E-state index in [-0.39, 0.29) is 6.04 Å². The largest absolute Gasteiger partial charge is 0.323 e. The highest BCUT2D eigenvalue weighted by molar-refractivity contribution is 7.85. The maximum Gasteiger partial charge on any atom is 0.0428 e. The standard InChI is InChI=1S/C14H21NOS/c15-14(13-8-2-1-3-9-13)11-17(16)10-12-6-4-5-7-12/h1-3,8-9,12,14H,4-7,10-11,15H2. The van der Waals surface area contributed by atoms with Crippen LogP contribution in [0, 0.1) is 5.92 Å². The summed E-state index contributed by atoms with van der Waals surface area (Å²) in [5.74, 6) is 2.12. The lowest BCUT2D eigenvalue weighted by atomic mass is 10.1. The highest BCUT2D eigenvalue weighted by atomic mass is 32.2. The average Bonchev–Trinajstić information content (AvgIpc) is 2.82. The predicted octanol–water partition coefficient (Wildman–Crippen LogP) is 2.63. The Balaban J connectivity index is 1.81. The minimum absolute atomic E-state index is 0.0848. The normalized spacial score (nSPS) is 20.3. The van der Waals surface area contributed by atoms with Crippen LogP contribution in [0.25, 0.3) is 0 Å². The van der Waals surface area contributed by atoms with Crippen molar-refractivity contribution in [3.8, 4) is 0 Å². The molecule has 2 unspecified atom stereocenters. The summed E-state index contributed by atoms with van der Waals surface area (Å²) in [6.07, 6.45) is 5.14. The maximum atomic E-state index is 12.0. The van der Waals surface area contributed by atoms with Gasteiger partial charge in [0, 0.05) is 28.3 Å². The van der Waals surface area contributed by atoms with Gasteiger partial charge in [-0.3, -0.25) is 4.21 Å². The molecule has 0 amide bonds. The fraction of sp³-hybridized carbons (Fsp3) is 0.571. The highest BCUT2D eigenvalue weighted by Gasteiger charge is 2.19. The van der Waals surface area contributed by atoms with Crippen molar-refractivity contribution in [2.24, 2.45) is 11.7 Å². The Morgan fingerprint density at radius 1 is 1.24 bits per heavy atom. The molecule has 3 heteroatoms. The number of nitrogens with two attached hydrogens (primary N) is 1. The van der Waals surface area contributed by atoms with Crippen molar-refractivity contribution in [1.82, 2.24) is 0 Å². The molecule has 0 heterocycles. The second kappa shape index (κ2) is 6.31. The first-order chi connectivity index (χ1) is 8.25. The molecule has 0 spiro atoms. The molecule has 0 saturated heterocycles. The fourth-order valence-electron chi connectivity index (χ4n) is 2.50. The van der Waals surface area contributed by atoms with Crippen LogP contribution in [0.4, 0.5) is 0 Å². The summed E-state index contributed by atoms with van der Waals surface area (Å²) >= 11 is 0. The zero-order valence-corrected chi connectivity index (χ0v) is 11.0. The van der Waals surface area contributed by atoms with Gasteiger partial charge in [0.25, 0.3) is 0 Å². The van der Waals surface area contributed by atoms with Gasteiger partial charge in [0.1, 0.15) is 0 Å². The van der Waals surface area contributed by atoms with Crippen LogP contribution in [-0.2, 0) is 10.8 Å². The van der Waals surface area contributed by atoms with E-state index in [0.29, 0.717) is 11.7 Å². The topological polar surface area (TPSA) is 43.1 Å². The van der Waals surface area contributed by atoms with E-state index in [9.17, 15) is 4.21 Å². The summed E-state index contributed by atoms with van der Waals surface area (Å²) < 4.78 is 12.0. The van der Waals surface area contributed by atoms with Gasteiger partial charge in [0.2, 0.25) is 0 Å². The Labute approximate surface area is 106 Å². The minimum atomic E-state index is -0.765. The van der Waals surface area contributed by atoms with Crippen LogP contribution < -0.4 is 5.73 Å². The van der Waals surface area contributed by atoms with Crippen molar-refractivity contribution in [1.29, 1.82) is 0 Å². The predicted molar refractivity (Wildman–Crippen MR) is 73.2 cm³/mol. The Kier molecular flexibility index (Phi) is 4.75. The van der Waals surface area contributed by atoms with Gasteiger partial charge in [-0.1, -0.05) is 43.2 Å². The maximum absolute atomic E-state index is 12.0. The Morgan fingerprint density at radius 2 is 1.88 bits per heavy atom. The molecular weight excluding hydrogens is 230 g/mol. The molecule has 0 radical (unpaired) electrons. The Hall–Kier alpha value is -0.670. The molecule has 1 aliphatic rings. The third-order valence-corrected chi connectivity index (χ3v) is 5.06. The SMILES string of the molecule is NC(CS(=O)CC1CCCC1)c1ccccc1. The average molecular weight is 251 g/mol. The summed E-state index contributed by atoms with van der Waals surface area (Å²) in [4.78, 5) is 0. The van der Waals surface area contributed by atoms with E-state index in [1.165, 1.54) is 25.7 Å². The van der Waals surface area contributed by atoms with Gasteiger partial charge in [-0.25, -0.2) is 0 Å². The van der Waals surface area contributed by atoms with E-state index in [4.69, 9.17) is 5.73 Å². The second-order valence-corrected chi connectivity index (χ2v) is 6.49. The van der Waals surface area contributed by atoms with Crippen molar-refractivity contribution >= 4 is 10.8 Å². The Morgan fingerprint density at radius 3 is 2.53 bits per heavy atom. The van der Waals surface area contributed by atoms with E-state index in [1.807, 2.05) is 30.3 Å². The van der Waals surface area contributed by atoms with Crippen LogP contribution in [0.2, 0.25) is 0 Å². The summed E-state index contributed by atoms with van der Waals surface area (Å²) in [6, 6.07) is 9.88. The van der Waals surface area contributed by atoms with Crippen LogP contribution in [-0.4, -0.2) is 15.7 Å². The third-order valence-electron chi connectivity index (χ3n) is 3.49. The molecule has 17 heavy (non-hydrogen) atoms. The molecule has 0 bridgehead atoms. The third kappa shape index (κ3) is 3.93. The number of benzene rings is 1. The molecular formula is C14H21NOS. The number of hydrogen-bond donors (Lipinski definition) is 1. The van der Waals surface area contributed by atoms with Crippen molar-refractivity contribution in [3.05, 3.63) is 35.9 Å². The minimum Gasteiger partial charge on any atom is -0.323 e. The van der Waals surface area contributed by atoms with Crippen molar-refractivity contribution in [2.45, 2.75) is 31.7 Å². The van der Waals surface area contributed by atoms with Gasteiger partial charge < -0.3 is 5.73 Å². The molecule has 94 valence electrons. The Bertz CT molecular complexity index is 360. The molecule has 1 aliphatic carbocycles. The molecule has 2 atom stereocenters. The summed E-state index contributed by atoms with van der Waals surface area (Å²) in [7, 11) is -0.765. The molecule has 1 aromatic rings. The zero-order valence-electron chi connectivity index (χ0n) is 10.2. The van der Waals surface area contributed by atoms with Crippen molar-refractivity contribution < 1.29 is 4.21 Å². The lowest BCUT2D eigenvalue weighted by Crippen LogP contribution is -2.21. The van der Waals surface area contributed by atoms with Gasteiger partial charge in [-0.2, -0.15) is 0 Å². The highest BCUT2D eigenvalue weighted by Crippen LogP contribution is 2.25. The fourth-order valence-corrected chi connectivity index (χ4v) is 4.09. The smallest absolute Gasteiger partial charge is 0.0428 e. The van der Waals surface area contributed by atoms with E-state index in [2.05, 4.69) is 0 Å². The lowest BCUT2D eigenvalue weighted by Gasteiger charge is -2.13. The lowest BCUT2D eigenvalue weighted by molar-refractivity contribution is 0.602. The van der Waals surface area contributed by atoms with Gasteiger partial charge in [0.15, 0.2) is 0 Å². The zero-order chi connectivity index (χ0) is 12.1. The molecule has 1 aromatic carbocycles. The quantitative estimate of drug-likeness (QED) is 0.874. The van der Waals surface area contributed by atoms with E-state index < -0.39 is 10.8 Å². The summed E-state index contributed by atoms with van der Waals surface area (Å²) in [5, 5.41) is 0.